The molecule has 4 nitrogen and oxygen atoms in total. The van der Waals surface area contributed by atoms with Crippen molar-refractivity contribution in [3.63, 3.8) is 0 Å². The van der Waals surface area contributed by atoms with Gasteiger partial charge in [0.25, 0.3) is 0 Å². The molecule has 1 atom stereocenters. The molecule has 100 valence electrons. The highest BCUT2D eigenvalue weighted by atomic mass is 79.9. The Morgan fingerprint density at radius 2 is 2.32 bits per heavy atom. The molecule has 1 aliphatic heterocycles. The third-order valence-corrected chi connectivity index (χ3v) is 4.38. The van der Waals surface area contributed by atoms with E-state index >= 15 is 0 Å². The zero-order valence-corrected chi connectivity index (χ0v) is 12.4. The Labute approximate surface area is 120 Å². The lowest BCUT2D eigenvalue weighted by Crippen LogP contribution is -2.12. The van der Waals surface area contributed by atoms with Gasteiger partial charge in [-0.15, -0.1) is 0 Å². The minimum absolute atomic E-state index is 0.310. The normalized spacial score (nSPS) is 18.9. The summed E-state index contributed by atoms with van der Waals surface area (Å²) in [5.74, 6) is 0. The van der Waals surface area contributed by atoms with Crippen molar-refractivity contribution in [2.75, 3.05) is 18.9 Å². The fourth-order valence-corrected chi connectivity index (χ4v) is 2.80. The summed E-state index contributed by atoms with van der Waals surface area (Å²) in [6.45, 7) is 3.56. The Hall–Kier alpha value is -1.33. The van der Waals surface area contributed by atoms with Crippen molar-refractivity contribution < 1.29 is 4.74 Å². The van der Waals surface area contributed by atoms with Gasteiger partial charge in [-0.25, -0.2) is 0 Å². The first-order valence-electron chi connectivity index (χ1n) is 6.34. The fourth-order valence-electron chi connectivity index (χ4n) is 2.46. The molecule has 1 fully saturated rings. The SMILES string of the molecule is Cc1cc(N)c(-c2ccnn2C2CCOC2)cc1Br. The predicted molar refractivity (Wildman–Crippen MR) is 79.0 cm³/mol. The zero-order valence-electron chi connectivity index (χ0n) is 10.8. The average Bonchev–Trinajstić information content (AvgIpc) is 3.03. The van der Waals surface area contributed by atoms with Gasteiger partial charge >= 0.3 is 0 Å². The smallest absolute Gasteiger partial charge is 0.0781 e. The first-order valence-corrected chi connectivity index (χ1v) is 7.13. The molecule has 0 spiro atoms. The summed E-state index contributed by atoms with van der Waals surface area (Å²) in [6, 6.07) is 6.37. The number of aryl methyl sites for hydroxylation is 1. The van der Waals surface area contributed by atoms with Crippen molar-refractivity contribution in [1.29, 1.82) is 0 Å². The number of nitrogen functional groups attached to an aromatic ring is 1. The molecule has 0 bridgehead atoms. The largest absolute Gasteiger partial charge is 0.398 e. The number of halogens is 1. The van der Waals surface area contributed by atoms with Gasteiger partial charge in [-0.1, -0.05) is 15.9 Å². The highest BCUT2D eigenvalue weighted by molar-refractivity contribution is 9.10. The summed E-state index contributed by atoms with van der Waals surface area (Å²) < 4.78 is 8.53. The molecule has 5 heteroatoms. The maximum Gasteiger partial charge on any atom is 0.0781 e. The van der Waals surface area contributed by atoms with Crippen LogP contribution in [0.4, 0.5) is 5.69 Å². The first-order chi connectivity index (χ1) is 9.16. The lowest BCUT2D eigenvalue weighted by atomic mass is 10.1. The topological polar surface area (TPSA) is 53.1 Å². The molecule has 1 saturated heterocycles. The third kappa shape index (κ3) is 2.28. The van der Waals surface area contributed by atoms with E-state index in [1.165, 1.54) is 0 Å². The highest BCUT2D eigenvalue weighted by Crippen LogP contribution is 2.33. The van der Waals surface area contributed by atoms with E-state index in [2.05, 4.69) is 27.1 Å². The van der Waals surface area contributed by atoms with E-state index in [4.69, 9.17) is 10.5 Å². The Bertz CT molecular complexity index is 603. The molecule has 2 heterocycles. The Morgan fingerprint density at radius 1 is 1.47 bits per heavy atom. The Balaban J connectivity index is 2.07. The van der Waals surface area contributed by atoms with Crippen LogP contribution >= 0.6 is 15.9 Å². The van der Waals surface area contributed by atoms with Crippen LogP contribution in [0, 0.1) is 6.92 Å². The molecule has 0 aliphatic carbocycles. The van der Waals surface area contributed by atoms with Crippen molar-refractivity contribution in [3.05, 3.63) is 34.4 Å². The maximum atomic E-state index is 6.16. The minimum Gasteiger partial charge on any atom is -0.398 e. The van der Waals surface area contributed by atoms with Crippen LogP contribution in [0.25, 0.3) is 11.3 Å². The van der Waals surface area contributed by atoms with E-state index in [1.807, 2.05) is 29.9 Å². The molecule has 19 heavy (non-hydrogen) atoms. The van der Waals surface area contributed by atoms with Crippen LogP contribution in [-0.2, 0) is 4.74 Å². The standard InChI is InChI=1S/C14H16BrN3O/c1-9-6-13(16)11(7-12(9)15)14-2-4-17-18(14)10-3-5-19-8-10/h2,4,6-7,10H,3,5,8,16H2,1H3. The number of nitrogens with zero attached hydrogens (tertiary/aromatic N) is 2. The number of benzene rings is 1. The number of nitrogens with two attached hydrogens (primary N) is 1. The zero-order chi connectivity index (χ0) is 13.4. The number of aromatic nitrogens is 2. The van der Waals surface area contributed by atoms with E-state index < -0.39 is 0 Å². The van der Waals surface area contributed by atoms with Crippen molar-refractivity contribution >= 4 is 21.6 Å². The summed E-state index contributed by atoms with van der Waals surface area (Å²) in [7, 11) is 0. The minimum atomic E-state index is 0.310. The van der Waals surface area contributed by atoms with Gasteiger partial charge < -0.3 is 10.5 Å². The summed E-state index contributed by atoms with van der Waals surface area (Å²) in [4.78, 5) is 0. The quantitative estimate of drug-likeness (QED) is 0.864. The van der Waals surface area contributed by atoms with Crippen LogP contribution in [0.5, 0.6) is 0 Å². The molecule has 2 aromatic rings. The van der Waals surface area contributed by atoms with Gasteiger partial charge in [-0.2, -0.15) is 5.10 Å². The molecule has 1 aromatic carbocycles. The highest BCUT2D eigenvalue weighted by Gasteiger charge is 2.22. The molecule has 1 aromatic heterocycles. The molecule has 1 unspecified atom stereocenters. The predicted octanol–water partition coefficient (Wildman–Crippen LogP) is 3.16. The average molecular weight is 322 g/mol. The number of anilines is 1. The monoisotopic (exact) mass is 321 g/mol. The summed E-state index contributed by atoms with van der Waals surface area (Å²) in [5.41, 5.74) is 10.1. The van der Waals surface area contributed by atoms with Gasteiger partial charge in [0.1, 0.15) is 0 Å². The second-order valence-electron chi connectivity index (χ2n) is 4.87. The molecule has 2 N–H and O–H groups in total. The molecule has 0 saturated carbocycles. The maximum absolute atomic E-state index is 6.16. The number of ether oxygens (including phenoxy) is 1. The van der Waals surface area contributed by atoms with Gasteiger partial charge in [0, 0.05) is 28.5 Å². The molecular formula is C14H16BrN3O. The number of rotatable bonds is 2. The molecule has 3 rings (SSSR count). The number of hydrogen-bond acceptors (Lipinski definition) is 3. The third-order valence-electron chi connectivity index (χ3n) is 3.53. The van der Waals surface area contributed by atoms with Crippen molar-refractivity contribution in [2.24, 2.45) is 0 Å². The van der Waals surface area contributed by atoms with Crippen LogP contribution in [0.3, 0.4) is 0 Å². The summed E-state index contributed by atoms with van der Waals surface area (Å²) in [6.07, 6.45) is 2.82. The van der Waals surface area contributed by atoms with Gasteiger partial charge in [-0.3, -0.25) is 4.68 Å². The van der Waals surface area contributed by atoms with E-state index in [0.717, 1.165) is 46.6 Å². The van der Waals surface area contributed by atoms with Crippen LogP contribution in [-0.4, -0.2) is 23.0 Å². The van der Waals surface area contributed by atoms with Crippen LogP contribution in [0.15, 0.2) is 28.9 Å². The molecular weight excluding hydrogens is 306 g/mol. The van der Waals surface area contributed by atoms with Gasteiger partial charge in [0.2, 0.25) is 0 Å². The van der Waals surface area contributed by atoms with Crippen LogP contribution in [0.2, 0.25) is 0 Å². The van der Waals surface area contributed by atoms with Gasteiger partial charge in [0.15, 0.2) is 0 Å². The van der Waals surface area contributed by atoms with E-state index in [1.54, 1.807) is 0 Å². The lowest BCUT2D eigenvalue weighted by Gasteiger charge is -2.15. The second-order valence-corrected chi connectivity index (χ2v) is 5.72. The van der Waals surface area contributed by atoms with Crippen molar-refractivity contribution in [2.45, 2.75) is 19.4 Å². The lowest BCUT2D eigenvalue weighted by molar-refractivity contribution is 0.185. The van der Waals surface area contributed by atoms with E-state index in [0.29, 0.717) is 6.04 Å². The van der Waals surface area contributed by atoms with Crippen molar-refractivity contribution in [1.82, 2.24) is 9.78 Å². The second kappa shape index (κ2) is 4.98. The van der Waals surface area contributed by atoms with Crippen molar-refractivity contribution in [3.8, 4) is 11.3 Å². The summed E-state index contributed by atoms with van der Waals surface area (Å²) in [5, 5.41) is 4.43. The molecule has 0 amide bonds. The van der Waals surface area contributed by atoms with E-state index in [9.17, 15) is 0 Å². The van der Waals surface area contributed by atoms with Gasteiger partial charge in [-0.05, 0) is 37.1 Å². The summed E-state index contributed by atoms with van der Waals surface area (Å²) >= 11 is 3.56. The molecule has 1 aliphatic rings. The molecule has 0 radical (unpaired) electrons. The van der Waals surface area contributed by atoms with Crippen LogP contribution in [0.1, 0.15) is 18.0 Å². The number of hydrogen-bond donors (Lipinski definition) is 1. The Kier molecular flexibility index (Phi) is 3.33. The Morgan fingerprint density at radius 3 is 3.05 bits per heavy atom. The first kappa shape index (κ1) is 12.7. The van der Waals surface area contributed by atoms with Crippen LogP contribution < -0.4 is 5.73 Å². The van der Waals surface area contributed by atoms with E-state index in [-0.39, 0.29) is 0 Å². The van der Waals surface area contributed by atoms with Gasteiger partial charge in [0.05, 0.1) is 18.3 Å². The fraction of sp³-hybridized carbons (Fsp3) is 0.357.